The molecular weight excluding hydrogens is 234 g/mol. The number of nitrogens with one attached hydrogen (secondary N) is 1. The largest absolute Gasteiger partial charge is 0.403 e. The molecule has 3 nitrogen and oxygen atoms in total. The van der Waals surface area contributed by atoms with E-state index < -0.39 is 0 Å². The summed E-state index contributed by atoms with van der Waals surface area (Å²) in [6.45, 7) is 1.93. The minimum absolute atomic E-state index is 0.378. The molecule has 0 heterocycles. The molecule has 84 valence electrons. The quantitative estimate of drug-likeness (QED) is 0.765. The molecule has 0 bridgehead atoms. The summed E-state index contributed by atoms with van der Waals surface area (Å²) in [5.41, 5.74) is 3.22. The minimum Gasteiger partial charge on any atom is -0.355 e. The van der Waals surface area contributed by atoms with Gasteiger partial charge in [0.05, 0.1) is 0 Å². The highest BCUT2D eigenvalue weighted by Gasteiger charge is 2.14. The second-order valence-corrected chi connectivity index (χ2v) is 4.12. The maximum Gasteiger partial charge on any atom is 0.403 e. The van der Waals surface area contributed by atoms with Crippen LogP contribution in [-0.4, -0.2) is 0 Å². The molecule has 0 spiro atoms. The Morgan fingerprint density at radius 1 is 1.18 bits per heavy atom. The number of para-hydroxylation sites is 1. The molecule has 0 fully saturated rings. The maximum atomic E-state index is 8.74. The van der Waals surface area contributed by atoms with Crippen LogP contribution in [0, 0.1) is 12.3 Å². The van der Waals surface area contributed by atoms with Crippen molar-refractivity contribution in [1.29, 1.82) is 5.39 Å². The van der Waals surface area contributed by atoms with Crippen LogP contribution in [-0.2, 0) is 0 Å². The Kier molecular flexibility index (Phi) is 3.27. The highest BCUT2D eigenvalue weighted by atomic mass is 35.5. The molecule has 0 atom stereocenters. The van der Waals surface area contributed by atoms with Gasteiger partial charge in [0.15, 0.2) is 4.98 Å². The van der Waals surface area contributed by atoms with Gasteiger partial charge in [-0.3, -0.25) is 0 Å². The van der Waals surface area contributed by atoms with E-state index in [1.54, 1.807) is 12.1 Å². The molecule has 0 aliphatic rings. The van der Waals surface area contributed by atoms with Gasteiger partial charge in [-0.05, 0) is 30.7 Å². The van der Waals surface area contributed by atoms with Gasteiger partial charge in [0.2, 0.25) is 5.39 Å². The van der Waals surface area contributed by atoms with Gasteiger partial charge in [-0.1, -0.05) is 29.8 Å². The van der Waals surface area contributed by atoms with Crippen LogP contribution in [0.3, 0.4) is 0 Å². The lowest BCUT2D eigenvalue weighted by atomic mass is 10.1. The summed E-state index contributed by atoms with van der Waals surface area (Å²) in [5, 5.41) is 12.4. The number of hydrogen-bond donors (Lipinski definition) is 1. The SMILES string of the molecule is Cc1cc([N+]#N)c(Cl)cc1Nc1ccccc1. The van der Waals surface area contributed by atoms with Crippen LogP contribution in [0.1, 0.15) is 5.56 Å². The number of rotatable bonds is 2. The summed E-state index contributed by atoms with van der Waals surface area (Å²) in [6.07, 6.45) is 0. The molecule has 0 saturated heterocycles. The van der Waals surface area contributed by atoms with E-state index in [0.717, 1.165) is 16.9 Å². The van der Waals surface area contributed by atoms with Gasteiger partial charge in [0.1, 0.15) is 5.02 Å². The third kappa shape index (κ3) is 2.55. The van der Waals surface area contributed by atoms with Gasteiger partial charge in [-0.2, -0.15) is 0 Å². The fourth-order valence-corrected chi connectivity index (χ4v) is 1.76. The van der Waals surface area contributed by atoms with Crippen LogP contribution in [0.2, 0.25) is 5.02 Å². The number of anilines is 2. The third-order valence-corrected chi connectivity index (χ3v) is 2.76. The second-order valence-electron chi connectivity index (χ2n) is 3.71. The highest BCUT2D eigenvalue weighted by molar-refractivity contribution is 6.33. The van der Waals surface area contributed by atoms with Crippen molar-refractivity contribution in [3.8, 4) is 0 Å². The van der Waals surface area contributed by atoms with Crippen LogP contribution in [0.5, 0.6) is 0 Å². The average molecular weight is 245 g/mol. The summed E-state index contributed by atoms with van der Waals surface area (Å²) in [5.74, 6) is 0. The smallest absolute Gasteiger partial charge is 0.355 e. The summed E-state index contributed by atoms with van der Waals surface area (Å²) in [7, 11) is 0. The molecule has 4 heteroatoms. The Morgan fingerprint density at radius 3 is 2.53 bits per heavy atom. The van der Waals surface area contributed by atoms with Gasteiger partial charge in [0.25, 0.3) is 0 Å². The van der Waals surface area contributed by atoms with Crippen LogP contribution in [0.15, 0.2) is 42.5 Å². The maximum absolute atomic E-state index is 8.74. The van der Waals surface area contributed by atoms with Crippen molar-refractivity contribution >= 4 is 28.7 Å². The zero-order valence-corrected chi connectivity index (χ0v) is 10.1. The Morgan fingerprint density at radius 2 is 1.88 bits per heavy atom. The number of nitrogens with zero attached hydrogens (tertiary/aromatic N) is 2. The van der Waals surface area contributed by atoms with Crippen molar-refractivity contribution in [3.63, 3.8) is 0 Å². The normalized spacial score (nSPS) is 9.71. The van der Waals surface area contributed by atoms with E-state index >= 15 is 0 Å². The average Bonchev–Trinajstić information content (AvgIpc) is 2.34. The lowest BCUT2D eigenvalue weighted by Crippen LogP contribution is -1.92. The van der Waals surface area contributed by atoms with E-state index in [2.05, 4.69) is 10.3 Å². The molecule has 2 aromatic rings. The molecule has 2 rings (SSSR count). The van der Waals surface area contributed by atoms with Crippen molar-refractivity contribution in [2.24, 2.45) is 0 Å². The van der Waals surface area contributed by atoms with Crippen LogP contribution >= 0.6 is 11.6 Å². The standard InChI is InChI=1S/C13H11ClN3/c1-9-7-13(17-15)11(14)8-12(9)16-10-5-3-2-4-6-10/h2-8,16H,1H3/q+1. The van der Waals surface area contributed by atoms with Gasteiger partial charge in [-0.25, -0.2) is 0 Å². The topological polar surface area (TPSA) is 40.2 Å². The lowest BCUT2D eigenvalue weighted by Gasteiger charge is -2.08. The van der Waals surface area contributed by atoms with Gasteiger partial charge in [0, 0.05) is 17.4 Å². The van der Waals surface area contributed by atoms with Gasteiger partial charge >= 0.3 is 5.69 Å². The second kappa shape index (κ2) is 4.86. The number of benzene rings is 2. The molecule has 0 amide bonds. The molecule has 1 N–H and O–H groups in total. The number of hydrogen-bond acceptors (Lipinski definition) is 2. The van der Waals surface area contributed by atoms with E-state index in [9.17, 15) is 0 Å². The first-order valence-corrected chi connectivity index (χ1v) is 5.56. The summed E-state index contributed by atoms with van der Waals surface area (Å²) in [4.78, 5) is 3.12. The van der Waals surface area contributed by atoms with E-state index in [1.807, 2.05) is 37.3 Å². The molecular formula is C13H11ClN3+. The van der Waals surface area contributed by atoms with Crippen molar-refractivity contribution in [2.45, 2.75) is 6.92 Å². The molecule has 0 radical (unpaired) electrons. The van der Waals surface area contributed by atoms with E-state index in [-0.39, 0.29) is 0 Å². The van der Waals surface area contributed by atoms with Crippen molar-refractivity contribution in [1.82, 2.24) is 0 Å². The zero-order chi connectivity index (χ0) is 12.3. The number of diazo groups is 1. The molecule has 0 aromatic heterocycles. The highest BCUT2D eigenvalue weighted by Crippen LogP contribution is 2.32. The summed E-state index contributed by atoms with van der Waals surface area (Å²) >= 11 is 5.97. The first kappa shape index (κ1) is 11.4. The van der Waals surface area contributed by atoms with Gasteiger partial charge in [-0.15, -0.1) is 0 Å². The van der Waals surface area contributed by atoms with E-state index in [4.69, 9.17) is 17.0 Å². The zero-order valence-electron chi connectivity index (χ0n) is 9.31. The first-order valence-electron chi connectivity index (χ1n) is 5.18. The van der Waals surface area contributed by atoms with E-state index in [1.165, 1.54) is 0 Å². The summed E-state index contributed by atoms with van der Waals surface area (Å²) < 4.78 is 0. The fraction of sp³-hybridized carbons (Fsp3) is 0.0769. The molecule has 0 aliphatic heterocycles. The van der Waals surface area contributed by atoms with Crippen LogP contribution in [0.4, 0.5) is 17.1 Å². The fourth-order valence-electron chi connectivity index (χ4n) is 1.55. The number of halogens is 1. The summed E-state index contributed by atoms with van der Waals surface area (Å²) in [6, 6.07) is 13.3. The van der Waals surface area contributed by atoms with Crippen LogP contribution < -0.4 is 5.32 Å². The van der Waals surface area contributed by atoms with Crippen molar-refractivity contribution < 1.29 is 0 Å². The third-order valence-electron chi connectivity index (χ3n) is 2.45. The van der Waals surface area contributed by atoms with Gasteiger partial charge < -0.3 is 5.32 Å². The first-order chi connectivity index (χ1) is 8.20. The molecule has 0 unspecified atom stereocenters. The Bertz CT molecular complexity index is 573. The molecule has 0 saturated carbocycles. The molecule has 17 heavy (non-hydrogen) atoms. The molecule has 0 aliphatic carbocycles. The predicted molar refractivity (Wildman–Crippen MR) is 70.7 cm³/mol. The monoisotopic (exact) mass is 244 g/mol. The molecule has 2 aromatic carbocycles. The Hall–Kier alpha value is -2.05. The Labute approximate surface area is 105 Å². The lowest BCUT2D eigenvalue weighted by molar-refractivity contribution is 1.41. The van der Waals surface area contributed by atoms with E-state index in [0.29, 0.717) is 10.7 Å². The Balaban J connectivity index is 2.35. The minimum atomic E-state index is 0.378. The van der Waals surface area contributed by atoms with Crippen molar-refractivity contribution in [3.05, 3.63) is 58.0 Å². The number of aryl methyl sites for hydroxylation is 1. The van der Waals surface area contributed by atoms with Crippen LogP contribution in [0.25, 0.3) is 4.98 Å². The predicted octanol–water partition coefficient (Wildman–Crippen LogP) is 4.88. The van der Waals surface area contributed by atoms with Crippen molar-refractivity contribution in [2.75, 3.05) is 5.32 Å².